The molecule has 1 aromatic heterocycles. The van der Waals surface area contributed by atoms with Crippen LogP contribution in [0.5, 0.6) is 0 Å². The number of alkyl halides is 3. The lowest BCUT2D eigenvalue weighted by molar-refractivity contribution is -0.137. The SMILES string of the molecule is CCCCC(CC)CNc1ccc(C(F)(F)F)cn1. The highest BCUT2D eigenvalue weighted by molar-refractivity contribution is 5.36. The summed E-state index contributed by atoms with van der Waals surface area (Å²) in [4.78, 5) is 3.80. The zero-order valence-corrected chi connectivity index (χ0v) is 11.4. The average Bonchev–Trinajstić information content (AvgIpc) is 2.38. The molecular weight excluding hydrogens is 253 g/mol. The largest absolute Gasteiger partial charge is 0.417 e. The fourth-order valence-corrected chi connectivity index (χ4v) is 1.86. The minimum absolute atomic E-state index is 0.503. The van der Waals surface area contributed by atoms with E-state index in [4.69, 9.17) is 0 Å². The number of hydrogen-bond acceptors (Lipinski definition) is 2. The molecule has 0 aliphatic carbocycles. The van der Waals surface area contributed by atoms with Gasteiger partial charge in [-0.2, -0.15) is 13.2 Å². The van der Waals surface area contributed by atoms with E-state index >= 15 is 0 Å². The van der Waals surface area contributed by atoms with Crippen molar-refractivity contribution in [1.82, 2.24) is 4.98 Å². The van der Waals surface area contributed by atoms with Crippen molar-refractivity contribution in [3.05, 3.63) is 23.9 Å². The Morgan fingerprint density at radius 1 is 1.26 bits per heavy atom. The van der Waals surface area contributed by atoms with E-state index in [1.807, 2.05) is 0 Å². The molecule has 19 heavy (non-hydrogen) atoms. The van der Waals surface area contributed by atoms with Crippen molar-refractivity contribution in [2.75, 3.05) is 11.9 Å². The van der Waals surface area contributed by atoms with Crippen LogP contribution in [0.3, 0.4) is 0 Å². The molecule has 1 unspecified atom stereocenters. The molecule has 1 rings (SSSR count). The Labute approximate surface area is 112 Å². The highest BCUT2D eigenvalue weighted by Crippen LogP contribution is 2.28. The standard InChI is InChI=1S/C14H21F3N2/c1-3-5-6-11(4-2)9-18-13-8-7-12(10-19-13)14(15,16)17/h7-8,10-11H,3-6,9H2,1-2H3,(H,18,19). The van der Waals surface area contributed by atoms with Gasteiger partial charge in [0, 0.05) is 12.7 Å². The minimum atomic E-state index is -4.32. The smallest absolute Gasteiger partial charge is 0.370 e. The van der Waals surface area contributed by atoms with Gasteiger partial charge in [-0.25, -0.2) is 4.98 Å². The molecule has 1 aromatic rings. The molecule has 0 saturated carbocycles. The highest BCUT2D eigenvalue weighted by atomic mass is 19.4. The maximum absolute atomic E-state index is 12.4. The van der Waals surface area contributed by atoms with E-state index in [0.29, 0.717) is 11.7 Å². The maximum atomic E-state index is 12.4. The lowest BCUT2D eigenvalue weighted by Crippen LogP contribution is -2.14. The number of pyridine rings is 1. The molecule has 0 aromatic carbocycles. The van der Waals surface area contributed by atoms with Gasteiger partial charge >= 0.3 is 6.18 Å². The molecule has 1 N–H and O–H groups in total. The maximum Gasteiger partial charge on any atom is 0.417 e. The van der Waals surface area contributed by atoms with Crippen LogP contribution in [0.4, 0.5) is 19.0 Å². The summed E-state index contributed by atoms with van der Waals surface area (Å²) in [5, 5.41) is 3.10. The van der Waals surface area contributed by atoms with Gasteiger partial charge in [0.25, 0.3) is 0 Å². The van der Waals surface area contributed by atoms with Gasteiger partial charge in [-0.3, -0.25) is 0 Å². The molecule has 1 heterocycles. The molecule has 0 aliphatic rings. The number of anilines is 1. The minimum Gasteiger partial charge on any atom is -0.370 e. The quantitative estimate of drug-likeness (QED) is 0.777. The molecular formula is C14H21F3N2. The third kappa shape index (κ3) is 5.49. The first-order valence-corrected chi connectivity index (χ1v) is 6.74. The van der Waals surface area contributed by atoms with Gasteiger partial charge in [-0.15, -0.1) is 0 Å². The highest BCUT2D eigenvalue weighted by Gasteiger charge is 2.30. The zero-order valence-electron chi connectivity index (χ0n) is 11.4. The van der Waals surface area contributed by atoms with Crippen molar-refractivity contribution in [3.63, 3.8) is 0 Å². The van der Waals surface area contributed by atoms with Gasteiger partial charge in [0.2, 0.25) is 0 Å². The summed E-state index contributed by atoms with van der Waals surface area (Å²) in [5.74, 6) is 1.05. The van der Waals surface area contributed by atoms with E-state index in [9.17, 15) is 13.2 Å². The summed E-state index contributed by atoms with van der Waals surface area (Å²) in [5.41, 5.74) is -0.712. The van der Waals surface area contributed by atoms with Crippen LogP contribution in [0.25, 0.3) is 0 Å². The Bertz CT molecular complexity index is 360. The molecule has 0 bridgehead atoms. The van der Waals surface area contributed by atoms with E-state index in [1.165, 1.54) is 12.5 Å². The zero-order chi connectivity index (χ0) is 14.3. The predicted molar refractivity (Wildman–Crippen MR) is 71.0 cm³/mol. The van der Waals surface area contributed by atoms with E-state index < -0.39 is 11.7 Å². The number of nitrogens with zero attached hydrogens (tertiary/aromatic N) is 1. The third-order valence-electron chi connectivity index (χ3n) is 3.21. The van der Waals surface area contributed by atoms with Gasteiger partial charge in [0.15, 0.2) is 0 Å². The van der Waals surface area contributed by atoms with Gasteiger partial charge in [-0.1, -0.05) is 33.1 Å². The summed E-state index contributed by atoms with van der Waals surface area (Å²) in [7, 11) is 0. The van der Waals surface area contributed by atoms with Crippen LogP contribution in [0.15, 0.2) is 18.3 Å². The van der Waals surface area contributed by atoms with Crippen molar-refractivity contribution < 1.29 is 13.2 Å². The number of nitrogens with one attached hydrogen (secondary N) is 1. The van der Waals surface area contributed by atoms with Crippen LogP contribution >= 0.6 is 0 Å². The normalized spacial score (nSPS) is 13.3. The van der Waals surface area contributed by atoms with Crippen LogP contribution < -0.4 is 5.32 Å². The molecule has 0 fully saturated rings. The van der Waals surface area contributed by atoms with Crippen LogP contribution in [0.1, 0.15) is 45.1 Å². The van der Waals surface area contributed by atoms with E-state index in [-0.39, 0.29) is 0 Å². The van der Waals surface area contributed by atoms with Gasteiger partial charge < -0.3 is 5.32 Å². The van der Waals surface area contributed by atoms with Crippen LogP contribution in [-0.4, -0.2) is 11.5 Å². The van der Waals surface area contributed by atoms with Crippen molar-refractivity contribution in [2.24, 2.45) is 5.92 Å². The molecule has 5 heteroatoms. The monoisotopic (exact) mass is 274 g/mol. The van der Waals surface area contributed by atoms with Crippen molar-refractivity contribution in [1.29, 1.82) is 0 Å². The molecule has 1 atom stereocenters. The number of hydrogen-bond donors (Lipinski definition) is 1. The molecule has 2 nitrogen and oxygen atoms in total. The van der Waals surface area contributed by atoms with Crippen LogP contribution in [0, 0.1) is 5.92 Å². The van der Waals surface area contributed by atoms with Crippen LogP contribution in [-0.2, 0) is 6.18 Å². The van der Waals surface area contributed by atoms with Gasteiger partial charge in [-0.05, 0) is 24.5 Å². The van der Waals surface area contributed by atoms with E-state index in [2.05, 4.69) is 24.1 Å². The number of halogens is 3. The number of unbranched alkanes of at least 4 members (excludes halogenated alkanes) is 1. The van der Waals surface area contributed by atoms with Gasteiger partial charge in [0.05, 0.1) is 5.56 Å². The average molecular weight is 274 g/mol. The molecule has 0 radical (unpaired) electrons. The Morgan fingerprint density at radius 3 is 2.47 bits per heavy atom. The summed E-state index contributed by atoms with van der Waals surface area (Å²) in [6, 6.07) is 2.44. The summed E-state index contributed by atoms with van der Waals surface area (Å²) in [6.45, 7) is 5.04. The molecule has 108 valence electrons. The summed E-state index contributed by atoms with van der Waals surface area (Å²) >= 11 is 0. The number of aromatic nitrogens is 1. The first-order chi connectivity index (χ1) is 8.97. The Balaban J connectivity index is 2.49. The third-order valence-corrected chi connectivity index (χ3v) is 3.21. The molecule has 0 spiro atoms. The fraction of sp³-hybridized carbons (Fsp3) is 0.643. The predicted octanol–water partition coefficient (Wildman–Crippen LogP) is 4.73. The second-order valence-electron chi connectivity index (χ2n) is 4.73. The van der Waals surface area contributed by atoms with E-state index in [0.717, 1.165) is 38.1 Å². The summed E-state index contributed by atoms with van der Waals surface area (Å²) in [6.07, 6.45) is 1.10. The van der Waals surface area contributed by atoms with Gasteiger partial charge in [0.1, 0.15) is 5.82 Å². The van der Waals surface area contributed by atoms with Crippen molar-refractivity contribution in [2.45, 2.75) is 45.7 Å². The summed E-state index contributed by atoms with van der Waals surface area (Å²) < 4.78 is 37.1. The van der Waals surface area contributed by atoms with E-state index in [1.54, 1.807) is 0 Å². The second-order valence-corrected chi connectivity index (χ2v) is 4.73. The lowest BCUT2D eigenvalue weighted by atomic mass is 9.99. The second kappa shape index (κ2) is 7.36. The van der Waals surface area contributed by atoms with Crippen molar-refractivity contribution >= 4 is 5.82 Å². The lowest BCUT2D eigenvalue weighted by Gasteiger charge is -2.16. The van der Waals surface area contributed by atoms with Crippen molar-refractivity contribution in [3.8, 4) is 0 Å². The fourth-order valence-electron chi connectivity index (χ4n) is 1.86. The first-order valence-electron chi connectivity index (χ1n) is 6.74. The Morgan fingerprint density at radius 2 is 2.00 bits per heavy atom. The molecule has 0 aliphatic heterocycles. The van der Waals surface area contributed by atoms with Crippen LogP contribution in [0.2, 0.25) is 0 Å². The molecule has 0 saturated heterocycles. The molecule has 0 amide bonds. The Hall–Kier alpha value is -1.26. The number of rotatable bonds is 7. The Kier molecular flexibility index (Phi) is 6.12. The topological polar surface area (TPSA) is 24.9 Å². The first kappa shape index (κ1) is 15.8.